The first kappa shape index (κ1) is 18.1. The van der Waals surface area contributed by atoms with Gasteiger partial charge < -0.3 is 15.2 Å². The van der Waals surface area contributed by atoms with E-state index in [0.29, 0.717) is 15.7 Å². The molecule has 0 aliphatic heterocycles. The third kappa shape index (κ3) is 4.40. The third-order valence-electron chi connectivity index (χ3n) is 3.21. The Morgan fingerprint density at radius 2 is 1.88 bits per heavy atom. The molecule has 2 rings (SSSR count). The quantitative estimate of drug-likeness (QED) is 0.794. The van der Waals surface area contributed by atoms with Gasteiger partial charge >= 0.3 is 5.97 Å². The molecular formula is C17H15Cl2NO4. The number of esters is 1. The minimum Gasteiger partial charge on any atom is -0.507 e. The highest BCUT2D eigenvalue weighted by Gasteiger charge is 2.21. The maximum atomic E-state index is 12.1. The molecule has 5 nitrogen and oxygen atoms in total. The zero-order chi connectivity index (χ0) is 17.9. The number of hydrogen-bond acceptors (Lipinski definition) is 4. The highest BCUT2D eigenvalue weighted by molar-refractivity contribution is 6.35. The van der Waals surface area contributed by atoms with Crippen LogP contribution in [0.25, 0.3) is 0 Å². The summed E-state index contributed by atoms with van der Waals surface area (Å²) in [7, 11) is 0. The van der Waals surface area contributed by atoms with Crippen LogP contribution in [0.5, 0.6) is 5.75 Å². The number of aryl methyl sites for hydroxylation is 1. The molecule has 0 saturated carbocycles. The van der Waals surface area contributed by atoms with E-state index in [1.54, 1.807) is 25.1 Å². The standard InChI is InChI=1S/C17H15Cl2NO4/c1-9-3-6-15(21)12(7-9)17(23)24-10(2)16(22)20-14-8-11(18)4-5-13(14)19/h3-8,10,21H,1-2H3,(H,20,22)/t10-/m0/s1. The Morgan fingerprint density at radius 3 is 2.58 bits per heavy atom. The van der Waals surface area contributed by atoms with Crippen LogP contribution < -0.4 is 5.32 Å². The maximum absolute atomic E-state index is 12.1. The Morgan fingerprint density at radius 1 is 1.17 bits per heavy atom. The fourth-order valence-electron chi connectivity index (χ4n) is 1.92. The molecule has 7 heteroatoms. The van der Waals surface area contributed by atoms with Gasteiger partial charge in [-0.3, -0.25) is 4.79 Å². The second kappa shape index (κ2) is 7.55. The van der Waals surface area contributed by atoms with E-state index in [0.717, 1.165) is 5.56 Å². The first-order valence-corrected chi connectivity index (χ1v) is 7.80. The van der Waals surface area contributed by atoms with Crippen LogP contribution in [0.1, 0.15) is 22.8 Å². The second-order valence-corrected chi connectivity index (χ2v) is 6.03. The van der Waals surface area contributed by atoms with Crippen LogP contribution in [0.2, 0.25) is 10.0 Å². The molecule has 0 unspecified atom stereocenters. The largest absolute Gasteiger partial charge is 0.507 e. The van der Waals surface area contributed by atoms with Gasteiger partial charge in [0.2, 0.25) is 0 Å². The molecule has 0 aliphatic rings. The number of amides is 1. The van der Waals surface area contributed by atoms with Crippen molar-refractivity contribution in [3.05, 3.63) is 57.6 Å². The molecule has 0 heterocycles. The van der Waals surface area contributed by atoms with Gasteiger partial charge in [-0.2, -0.15) is 0 Å². The lowest BCUT2D eigenvalue weighted by molar-refractivity contribution is -0.123. The Balaban J connectivity index is 2.07. The van der Waals surface area contributed by atoms with Gasteiger partial charge in [-0.25, -0.2) is 4.79 Å². The van der Waals surface area contributed by atoms with Crippen LogP contribution in [-0.4, -0.2) is 23.1 Å². The monoisotopic (exact) mass is 367 g/mol. The minimum absolute atomic E-state index is 0.00422. The maximum Gasteiger partial charge on any atom is 0.342 e. The van der Waals surface area contributed by atoms with Crippen molar-refractivity contribution in [3.63, 3.8) is 0 Å². The van der Waals surface area contributed by atoms with Crippen LogP contribution in [0.3, 0.4) is 0 Å². The molecule has 126 valence electrons. The van der Waals surface area contributed by atoms with E-state index in [4.69, 9.17) is 27.9 Å². The molecule has 0 spiro atoms. The molecule has 2 aromatic rings. The summed E-state index contributed by atoms with van der Waals surface area (Å²) in [5, 5.41) is 13.0. The molecule has 0 aliphatic carbocycles. The van der Waals surface area contributed by atoms with Crippen molar-refractivity contribution in [3.8, 4) is 5.75 Å². The Kier molecular flexibility index (Phi) is 5.70. The van der Waals surface area contributed by atoms with E-state index in [-0.39, 0.29) is 11.3 Å². The summed E-state index contributed by atoms with van der Waals surface area (Å²) in [6.45, 7) is 3.19. The van der Waals surface area contributed by atoms with E-state index in [1.165, 1.54) is 25.1 Å². The summed E-state index contributed by atoms with van der Waals surface area (Å²) >= 11 is 11.8. The predicted octanol–water partition coefficient (Wildman–Crippen LogP) is 4.19. The number of hydrogen-bond donors (Lipinski definition) is 2. The molecule has 2 aromatic carbocycles. The Bertz CT molecular complexity index is 792. The van der Waals surface area contributed by atoms with Crippen molar-refractivity contribution >= 4 is 40.8 Å². The van der Waals surface area contributed by atoms with Gasteiger partial charge in [0.05, 0.1) is 10.7 Å². The third-order valence-corrected chi connectivity index (χ3v) is 3.78. The average Bonchev–Trinajstić information content (AvgIpc) is 2.53. The zero-order valence-electron chi connectivity index (χ0n) is 13.0. The molecular weight excluding hydrogens is 353 g/mol. The SMILES string of the molecule is Cc1ccc(O)c(C(=O)O[C@@H](C)C(=O)Nc2cc(Cl)ccc2Cl)c1. The lowest BCUT2D eigenvalue weighted by Crippen LogP contribution is -2.30. The molecule has 0 fully saturated rings. The lowest BCUT2D eigenvalue weighted by Gasteiger charge is -2.15. The van der Waals surface area contributed by atoms with Crippen LogP contribution in [-0.2, 0) is 9.53 Å². The average molecular weight is 368 g/mol. The van der Waals surface area contributed by atoms with Gasteiger partial charge in [-0.15, -0.1) is 0 Å². The number of nitrogens with one attached hydrogen (secondary N) is 1. The zero-order valence-corrected chi connectivity index (χ0v) is 14.5. The normalized spacial score (nSPS) is 11.7. The van der Waals surface area contributed by atoms with Crippen LogP contribution in [0.15, 0.2) is 36.4 Å². The molecule has 2 N–H and O–H groups in total. The number of aromatic hydroxyl groups is 1. The number of phenolic OH excluding ortho intramolecular Hbond substituents is 1. The van der Waals surface area contributed by atoms with Gasteiger partial charge in [0, 0.05) is 5.02 Å². The fourth-order valence-corrected chi connectivity index (χ4v) is 2.26. The summed E-state index contributed by atoms with van der Waals surface area (Å²) in [4.78, 5) is 24.2. The van der Waals surface area contributed by atoms with Crippen molar-refractivity contribution in [2.24, 2.45) is 0 Å². The van der Waals surface area contributed by atoms with E-state index in [1.807, 2.05) is 0 Å². The highest BCUT2D eigenvalue weighted by atomic mass is 35.5. The molecule has 1 atom stereocenters. The molecule has 0 aromatic heterocycles. The van der Waals surface area contributed by atoms with E-state index in [9.17, 15) is 14.7 Å². The molecule has 0 radical (unpaired) electrons. The number of halogens is 2. The topological polar surface area (TPSA) is 75.6 Å². The molecule has 0 bridgehead atoms. The highest BCUT2D eigenvalue weighted by Crippen LogP contribution is 2.26. The van der Waals surface area contributed by atoms with Gasteiger partial charge in [0.25, 0.3) is 5.91 Å². The van der Waals surface area contributed by atoms with E-state index < -0.39 is 18.0 Å². The first-order chi connectivity index (χ1) is 11.3. The van der Waals surface area contributed by atoms with Gasteiger partial charge in [0.15, 0.2) is 6.10 Å². The number of anilines is 1. The number of carbonyl (C=O) groups is 2. The van der Waals surface area contributed by atoms with E-state index >= 15 is 0 Å². The number of phenols is 1. The fraction of sp³-hybridized carbons (Fsp3) is 0.176. The number of rotatable bonds is 4. The number of ether oxygens (including phenoxy) is 1. The Labute approximate surface area is 149 Å². The smallest absolute Gasteiger partial charge is 0.342 e. The summed E-state index contributed by atoms with van der Waals surface area (Å²) in [5.74, 6) is -1.58. The van der Waals surface area contributed by atoms with Crippen molar-refractivity contribution in [2.45, 2.75) is 20.0 Å². The van der Waals surface area contributed by atoms with Gasteiger partial charge in [-0.05, 0) is 44.2 Å². The summed E-state index contributed by atoms with van der Waals surface area (Å²) in [6.07, 6.45) is -1.09. The number of carbonyl (C=O) groups excluding carboxylic acids is 2. The van der Waals surface area contributed by atoms with Crippen LogP contribution >= 0.6 is 23.2 Å². The van der Waals surface area contributed by atoms with Crippen molar-refractivity contribution < 1.29 is 19.4 Å². The minimum atomic E-state index is -1.09. The lowest BCUT2D eigenvalue weighted by atomic mass is 10.1. The second-order valence-electron chi connectivity index (χ2n) is 5.18. The Hall–Kier alpha value is -2.24. The first-order valence-electron chi connectivity index (χ1n) is 7.04. The van der Waals surface area contributed by atoms with Crippen LogP contribution in [0, 0.1) is 6.92 Å². The van der Waals surface area contributed by atoms with Crippen molar-refractivity contribution in [1.82, 2.24) is 0 Å². The predicted molar refractivity (Wildman–Crippen MR) is 92.8 cm³/mol. The molecule has 24 heavy (non-hydrogen) atoms. The van der Waals surface area contributed by atoms with Crippen LogP contribution in [0.4, 0.5) is 5.69 Å². The van der Waals surface area contributed by atoms with Gasteiger partial charge in [-0.1, -0.05) is 34.8 Å². The van der Waals surface area contributed by atoms with Crippen molar-refractivity contribution in [1.29, 1.82) is 0 Å². The van der Waals surface area contributed by atoms with Gasteiger partial charge in [0.1, 0.15) is 11.3 Å². The molecule has 1 amide bonds. The summed E-state index contributed by atoms with van der Waals surface area (Å²) in [5.41, 5.74) is 1.09. The molecule has 0 saturated heterocycles. The van der Waals surface area contributed by atoms with Crippen molar-refractivity contribution in [2.75, 3.05) is 5.32 Å². The summed E-state index contributed by atoms with van der Waals surface area (Å²) < 4.78 is 5.09. The number of benzene rings is 2. The van der Waals surface area contributed by atoms with E-state index in [2.05, 4.69) is 5.32 Å². The summed E-state index contributed by atoms with van der Waals surface area (Å²) in [6, 6.07) is 9.15.